The van der Waals surface area contributed by atoms with Gasteiger partial charge >= 0.3 is 6.16 Å². The molecule has 0 aliphatic heterocycles. The van der Waals surface area contributed by atoms with Crippen LogP contribution in [-0.4, -0.2) is 33.1 Å². The molecule has 0 aromatic rings. The third-order valence-electron chi connectivity index (χ3n) is 1.45. The maximum Gasteiger partial charge on any atom is 0.508 e. The molecule has 0 spiro atoms. The van der Waals surface area contributed by atoms with Gasteiger partial charge in [0.25, 0.3) is 0 Å². The lowest BCUT2D eigenvalue weighted by Crippen LogP contribution is -2.03. The van der Waals surface area contributed by atoms with Crippen LogP contribution in [0.3, 0.4) is 0 Å². The number of carbonyl (C=O) groups excluding carboxylic acids is 1. The summed E-state index contributed by atoms with van der Waals surface area (Å²) >= 11 is 0. The number of methoxy groups -OCH3 is 1. The molecule has 15 heavy (non-hydrogen) atoms. The van der Waals surface area contributed by atoms with Crippen LogP contribution >= 0.6 is 0 Å². The molecule has 0 aromatic heterocycles. The van der Waals surface area contributed by atoms with E-state index in [2.05, 4.69) is 9.47 Å². The van der Waals surface area contributed by atoms with Crippen molar-refractivity contribution in [2.24, 2.45) is 0 Å². The molecule has 4 heteroatoms. The van der Waals surface area contributed by atoms with Crippen LogP contribution in [0, 0.1) is 0 Å². The predicted octanol–water partition coefficient (Wildman–Crippen LogP) is 2.31. The molecule has 0 N–H and O–H groups in total. The molecule has 0 heterocycles. The Kier molecular flexibility index (Phi) is 8.47. The second-order valence-corrected chi connectivity index (χ2v) is 3.06. The Morgan fingerprint density at radius 1 is 1.13 bits per heavy atom. The van der Waals surface area contributed by atoms with Gasteiger partial charge in [0.05, 0.1) is 20.3 Å². The fourth-order valence-electron chi connectivity index (χ4n) is 0.673. The highest BCUT2D eigenvalue weighted by molar-refractivity contribution is 5.59. The third-order valence-corrected chi connectivity index (χ3v) is 1.45. The summed E-state index contributed by atoms with van der Waals surface area (Å²) in [7, 11) is 1.27. The highest BCUT2D eigenvalue weighted by atomic mass is 16.7. The summed E-state index contributed by atoms with van der Waals surface area (Å²) in [5.41, 5.74) is 1.23. The van der Waals surface area contributed by atoms with E-state index in [1.54, 1.807) is 12.2 Å². The Morgan fingerprint density at radius 3 is 2.40 bits per heavy atom. The monoisotopic (exact) mass is 214 g/mol. The van der Waals surface area contributed by atoms with Crippen molar-refractivity contribution in [2.75, 3.05) is 26.9 Å². The Hall–Kier alpha value is -1.29. The molecule has 0 bridgehead atoms. The molecule has 0 fully saturated rings. The van der Waals surface area contributed by atoms with E-state index >= 15 is 0 Å². The van der Waals surface area contributed by atoms with Crippen molar-refractivity contribution in [1.29, 1.82) is 0 Å². The number of hydrogen-bond donors (Lipinski definition) is 0. The summed E-state index contributed by atoms with van der Waals surface area (Å²) in [6.45, 7) is 5.35. The average molecular weight is 214 g/mol. The van der Waals surface area contributed by atoms with Gasteiger partial charge in [-0.1, -0.05) is 17.7 Å². The first kappa shape index (κ1) is 13.7. The van der Waals surface area contributed by atoms with E-state index in [0.29, 0.717) is 13.2 Å². The Balaban J connectivity index is 3.32. The van der Waals surface area contributed by atoms with Crippen LogP contribution < -0.4 is 0 Å². The summed E-state index contributed by atoms with van der Waals surface area (Å²) in [5, 5.41) is 0. The highest BCUT2D eigenvalue weighted by Crippen LogP contribution is 1.89. The molecule has 0 amide bonds. The van der Waals surface area contributed by atoms with Gasteiger partial charge in [-0.05, 0) is 19.9 Å². The van der Waals surface area contributed by atoms with Crippen LogP contribution in [0.5, 0.6) is 0 Å². The fourth-order valence-corrected chi connectivity index (χ4v) is 0.673. The average Bonchev–Trinajstić information content (AvgIpc) is 2.21. The number of hydrogen-bond acceptors (Lipinski definition) is 4. The molecule has 0 saturated heterocycles. The molecule has 4 nitrogen and oxygen atoms in total. The summed E-state index contributed by atoms with van der Waals surface area (Å²) in [4.78, 5) is 10.5. The van der Waals surface area contributed by atoms with Gasteiger partial charge in [0.15, 0.2) is 0 Å². The van der Waals surface area contributed by atoms with E-state index in [1.807, 2.05) is 19.9 Å². The lowest BCUT2D eigenvalue weighted by Gasteiger charge is -1.98. The van der Waals surface area contributed by atoms with Gasteiger partial charge in [0.1, 0.15) is 6.61 Å². The molecular weight excluding hydrogens is 196 g/mol. The minimum absolute atomic E-state index is 0.207. The van der Waals surface area contributed by atoms with E-state index in [-0.39, 0.29) is 6.61 Å². The maximum atomic E-state index is 10.5. The maximum absolute atomic E-state index is 10.5. The van der Waals surface area contributed by atoms with Crippen molar-refractivity contribution >= 4 is 6.16 Å². The van der Waals surface area contributed by atoms with Gasteiger partial charge in [-0.2, -0.15) is 0 Å². The second kappa shape index (κ2) is 9.27. The second-order valence-electron chi connectivity index (χ2n) is 3.06. The normalized spacial score (nSPS) is 10.1. The molecule has 0 aliphatic carbocycles. The van der Waals surface area contributed by atoms with Gasteiger partial charge in [0, 0.05) is 0 Å². The topological polar surface area (TPSA) is 44.8 Å². The molecule has 0 rings (SSSR count). The minimum atomic E-state index is -0.676. The summed E-state index contributed by atoms with van der Waals surface area (Å²) in [6, 6.07) is 0. The van der Waals surface area contributed by atoms with E-state index < -0.39 is 6.16 Å². The number of rotatable bonds is 6. The zero-order valence-electron chi connectivity index (χ0n) is 9.49. The van der Waals surface area contributed by atoms with Crippen molar-refractivity contribution in [3.63, 3.8) is 0 Å². The standard InChI is InChI=1S/C11H18O4/c1-10(2)6-9-14-7-4-5-8-15-11(12)13-3/h4-6H,7-9H2,1-3H3/b5-4-. The molecule has 0 saturated carbocycles. The molecule has 86 valence electrons. The van der Waals surface area contributed by atoms with Crippen molar-refractivity contribution in [3.05, 3.63) is 23.8 Å². The zero-order chi connectivity index (χ0) is 11.5. The number of allylic oxidation sites excluding steroid dienone is 1. The lowest BCUT2D eigenvalue weighted by atomic mass is 10.3. The molecule has 0 aliphatic rings. The van der Waals surface area contributed by atoms with E-state index in [0.717, 1.165) is 0 Å². The fraction of sp³-hybridized carbons (Fsp3) is 0.545. The van der Waals surface area contributed by atoms with Crippen LogP contribution in [0.1, 0.15) is 13.8 Å². The molecular formula is C11H18O4. The van der Waals surface area contributed by atoms with Crippen LogP contribution in [-0.2, 0) is 14.2 Å². The van der Waals surface area contributed by atoms with Gasteiger partial charge < -0.3 is 14.2 Å². The number of carbonyl (C=O) groups is 1. The molecule has 0 unspecified atom stereocenters. The van der Waals surface area contributed by atoms with Crippen LogP contribution in [0.15, 0.2) is 23.8 Å². The third kappa shape index (κ3) is 10.6. The SMILES string of the molecule is COC(=O)OC/C=C\COCC=C(C)C. The molecule has 0 radical (unpaired) electrons. The predicted molar refractivity (Wildman–Crippen MR) is 57.7 cm³/mol. The largest absolute Gasteiger partial charge is 0.508 e. The highest BCUT2D eigenvalue weighted by Gasteiger charge is 1.95. The Bertz CT molecular complexity index is 227. The quantitative estimate of drug-likeness (QED) is 0.386. The van der Waals surface area contributed by atoms with E-state index in [9.17, 15) is 4.79 Å². The summed E-state index contributed by atoms with van der Waals surface area (Å²) in [6.07, 6.45) is 4.82. The van der Waals surface area contributed by atoms with Crippen LogP contribution in [0.25, 0.3) is 0 Å². The first-order chi connectivity index (χ1) is 7.16. The minimum Gasteiger partial charge on any atom is -0.438 e. The van der Waals surface area contributed by atoms with Crippen molar-refractivity contribution in [2.45, 2.75) is 13.8 Å². The smallest absolute Gasteiger partial charge is 0.438 e. The van der Waals surface area contributed by atoms with Gasteiger partial charge in [-0.3, -0.25) is 0 Å². The molecule has 0 atom stereocenters. The zero-order valence-corrected chi connectivity index (χ0v) is 9.49. The van der Waals surface area contributed by atoms with Crippen molar-refractivity contribution < 1.29 is 19.0 Å². The molecule has 0 aromatic carbocycles. The van der Waals surface area contributed by atoms with Gasteiger partial charge in [-0.15, -0.1) is 0 Å². The number of ether oxygens (including phenoxy) is 3. The van der Waals surface area contributed by atoms with Gasteiger partial charge in [-0.25, -0.2) is 4.79 Å². The van der Waals surface area contributed by atoms with Gasteiger partial charge in [0.2, 0.25) is 0 Å². The Morgan fingerprint density at radius 2 is 1.80 bits per heavy atom. The summed E-state index contributed by atoms with van der Waals surface area (Å²) in [5.74, 6) is 0. The van der Waals surface area contributed by atoms with Crippen molar-refractivity contribution in [3.8, 4) is 0 Å². The summed E-state index contributed by atoms with van der Waals surface area (Å²) < 4.78 is 14.2. The lowest BCUT2D eigenvalue weighted by molar-refractivity contribution is 0.0816. The van der Waals surface area contributed by atoms with Crippen LogP contribution in [0.4, 0.5) is 4.79 Å². The van der Waals surface area contributed by atoms with E-state index in [4.69, 9.17) is 4.74 Å². The first-order valence-corrected chi connectivity index (χ1v) is 4.73. The Labute approximate surface area is 90.5 Å². The van der Waals surface area contributed by atoms with Crippen molar-refractivity contribution in [1.82, 2.24) is 0 Å². The van der Waals surface area contributed by atoms with Crippen LogP contribution in [0.2, 0.25) is 0 Å². The first-order valence-electron chi connectivity index (χ1n) is 4.73. The van der Waals surface area contributed by atoms with E-state index in [1.165, 1.54) is 12.7 Å².